The monoisotopic (exact) mass is 526 g/mol. The predicted molar refractivity (Wildman–Crippen MR) is 138 cm³/mol. The third kappa shape index (κ3) is 4.82. The number of aliphatic hydroxyl groups is 1. The molecule has 1 aromatic heterocycles. The molecule has 1 saturated heterocycles. The molecule has 1 aromatic carbocycles. The molecule has 9 heteroatoms. The van der Waals surface area contributed by atoms with Gasteiger partial charge in [0, 0.05) is 57.2 Å². The molecule has 1 amide bonds. The number of benzene rings is 1. The fraction of sp³-hybridized carbons (Fsp3) is 0.517. The Bertz CT molecular complexity index is 1270. The van der Waals surface area contributed by atoms with Crippen molar-refractivity contribution >= 4 is 17.7 Å². The van der Waals surface area contributed by atoms with Crippen LogP contribution in [0.2, 0.25) is 0 Å². The zero-order valence-electron chi connectivity index (χ0n) is 21.5. The number of aromatic nitrogens is 1. The van der Waals surface area contributed by atoms with Crippen LogP contribution in [-0.4, -0.2) is 58.7 Å². The first kappa shape index (κ1) is 25.4. The average Bonchev–Trinajstić information content (AvgIpc) is 3.62. The molecular formula is C29H33F3N4O2. The van der Waals surface area contributed by atoms with Crippen LogP contribution in [0.25, 0.3) is 6.08 Å². The van der Waals surface area contributed by atoms with E-state index in [0.717, 1.165) is 61.3 Å². The first-order chi connectivity index (χ1) is 18.1. The van der Waals surface area contributed by atoms with Gasteiger partial charge in [-0.25, -0.2) is 0 Å². The molecule has 6 nitrogen and oxygen atoms in total. The number of halogens is 3. The van der Waals surface area contributed by atoms with Gasteiger partial charge in [-0.2, -0.15) is 13.2 Å². The Morgan fingerprint density at radius 2 is 2.03 bits per heavy atom. The lowest BCUT2D eigenvalue weighted by Gasteiger charge is -2.37. The van der Waals surface area contributed by atoms with E-state index in [1.807, 2.05) is 18.0 Å². The van der Waals surface area contributed by atoms with Crippen LogP contribution in [0.1, 0.15) is 53.6 Å². The highest BCUT2D eigenvalue weighted by molar-refractivity contribution is 5.84. The summed E-state index contributed by atoms with van der Waals surface area (Å²) in [5, 5.41) is 10.2. The van der Waals surface area contributed by atoms with Crippen molar-refractivity contribution in [3.05, 3.63) is 64.5 Å². The van der Waals surface area contributed by atoms with Gasteiger partial charge in [-0.15, -0.1) is 0 Å². The second-order valence-electron chi connectivity index (χ2n) is 11.5. The fourth-order valence-corrected chi connectivity index (χ4v) is 6.34. The lowest BCUT2D eigenvalue weighted by molar-refractivity contribution is -0.143. The summed E-state index contributed by atoms with van der Waals surface area (Å²) in [6.07, 6.45) is 3.87. The topological polar surface area (TPSA) is 59.9 Å². The smallest absolute Gasteiger partial charge is 0.370 e. The molecule has 0 bridgehead atoms. The summed E-state index contributed by atoms with van der Waals surface area (Å²) in [5.74, 6) is 0.633. The van der Waals surface area contributed by atoms with E-state index in [0.29, 0.717) is 43.2 Å². The number of aliphatic hydroxyl groups excluding tert-OH is 1. The summed E-state index contributed by atoms with van der Waals surface area (Å²) in [4.78, 5) is 24.1. The first-order valence-corrected chi connectivity index (χ1v) is 13.4. The summed E-state index contributed by atoms with van der Waals surface area (Å²) in [6.45, 7) is 2.84. The standard InChI is InChI=1S/C29H33F3N4O2/c1-34-25-12-20(4-5-21(25)6-7-26(34)37)16-35-11-9-28(18-35,14-19-2-3-19)27(38)36-10-8-24-22(17-36)13-23(15-33-24)29(30,31)32/h4-7,12-13,15,19,26,37H,2-3,8-11,14,16-18H2,1H3. The molecule has 2 fully saturated rings. The van der Waals surface area contributed by atoms with Crippen molar-refractivity contribution in [2.24, 2.45) is 11.3 Å². The number of nitrogens with zero attached hydrogens (tertiary/aromatic N) is 4. The van der Waals surface area contributed by atoms with Gasteiger partial charge in [-0.1, -0.05) is 31.1 Å². The molecule has 38 heavy (non-hydrogen) atoms. The minimum Gasteiger partial charge on any atom is -0.370 e. The molecule has 6 rings (SSSR count). The van der Waals surface area contributed by atoms with Crippen molar-refractivity contribution in [1.82, 2.24) is 14.8 Å². The summed E-state index contributed by atoms with van der Waals surface area (Å²) < 4.78 is 39.8. The highest BCUT2D eigenvalue weighted by Crippen LogP contribution is 2.47. The van der Waals surface area contributed by atoms with Crippen LogP contribution in [0.15, 0.2) is 36.5 Å². The first-order valence-electron chi connectivity index (χ1n) is 13.4. The van der Waals surface area contributed by atoms with E-state index in [-0.39, 0.29) is 12.5 Å². The Labute approximate surface area is 220 Å². The van der Waals surface area contributed by atoms with E-state index >= 15 is 0 Å². The number of hydrogen-bond acceptors (Lipinski definition) is 5. The van der Waals surface area contributed by atoms with Crippen LogP contribution in [0.5, 0.6) is 0 Å². The van der Waals surface area contributed by atoms with Crippen molar-refractivity contribution in [2.45, 2.75) is 57.6 Å². The van der Waals surface area contributed by atoms with Crippen LogP contribution in [0.4, 0.5) is 18.9 Å². The number of carbonyl (C=O) groups excluding carboxylic acids is 1. The Morgan fingerprint density at radius 3 is 2.79 bits per heavy atom. The van der Waals surface area contributed by atoms with Crippen molar-refractivity contribution in [2.75, 3.05) is 31.6 Å². The van der Waals surface area contributed by atoms with Crippen molar-refractivity contribution in [3.63, 3.8) is 0 Å². The maximum Gasteiger partial charge on any atom is 0.417 e. The van der Waals surface area contributed by atoms with Gasteiger partial charge < -0.3 is 14.9 Å². The molecule has 0 radical (unpaired) electrons. The summed E-state index contributed by atoms with van der Waals surface area (Å²) >= 11 is 0. The van der Waals surface area contributed by atoms with Crippen molar-refractivity contribution < 1.29 is 23.1 Å². The maximum atomic E-state index is 14.1. The predicted octanol–water partition coefficient (Wildman–Crippen LogP) is 4.46. The lowest BCUT2D eigenvalue weighted by atomic mass is 9.79. The van der Waals surface area contributed by atoms with Gasteiger partial charge in [0.15, 0.2) is 0 Å². The van der Waals surface area contributed by atoms with Gasteiger partial charge in [0.25, 0.3) is 0 Å². The van der Waals surface area contributed by atoms with Crippen LogP contribution in [0.3, 0.4) is 0 Å². The number of likely N-dealkylation sites (N-methyl/N-ethyl adjacent to an activating group) is 1. The van der Waals surface area contributed by atoms with Gasteiger partial charge in [0.2, 0.25) is 5.91 Å². The number of amides is 1. The molecule has 0 spiro atoms. The highest BCUT2D eigenvalue weighted by atomic mass is 19.4. The van der Waals surface area contributed by atoms with E-state index < -0.39 is 23.4 Å². The highest BCUT2D eigenvalue weighted by Gasteiger charge is 2.49. The second-order valence-corrected chi connectivity index (χ2v) is 11.5. The number of likely N-dealkylation sites (tertiary alicyclic amines) is 1. The minimum atomic E-state index is -4.45. The zero-order chi connectivity index (χ0) is 26.7. The van der Waals surface area contributed by atoms with Crippen LogP contribution < -0.4 is 4.90 Å². The number of hydrogen-bond donors (Lipinski definition) is 1. The molecule has 1 aliphatic carbocycles. The number of pyridine rings is 1. The van der Waals surface area contributed by atoms with Crippen LogP contribution in [-0.2, 0) is 30.5 Å². The number of alkyl halides is 3. The van der Waals surface area contributed by atoms with Gasteiger partial charge in [0.1, 0.15) is 6.23 Å². The van der Waals surface area contributed by atoms with Crippen LogP contribution in [0, 0.1) is 11.3 Å². The largest absolute Gasteiger partial charge is 0.417 e. The van der Waals surface area contributed by atoms with E-state index in [2.05, 4.69) is 28.1 Å². The molecule has 202 valence electrons. The van der Waals surface area contributed by atoms with Gasteiger partial charge in [-0.05, 0) is 60.2 Å². The van der Waals surface area contributed by atoms with E-state index in [1.165, 1.54) is 0 Å². The molecule has 2 unspecified atom stereocenters. The van der Waals surface area contributed by atoms with E-state index in [1.54, 1.807) is 11.0 Å². The fourth-order valence-electron chi connectivity index (χ4n) is 6.34. The maximum absolute atomic E-state index is 14.1. The van der Waals surface area contributed by atoms with E-state index in [9.17, 15) is 23.1 Å². The average molecular weight is 527 g/mol. The number of fused-ring (bicyclic) bond motifs is 2. The summed E-state index contributed by atoms with van der Waals surface area (Å²) in [7, 11) is 1.87. The molecule has 3 aliphatic heterocycles. The molecule has 4 heterocycles. The Morgan fingerprint density at radius 1 is 1.21 bits per heavy atom. The van der Waals surface area contributed by atoms with Crippen LogP contribution >= 0.6 is 0 Å². The van der Waals surface area contributed by atoms with Crippen molar-refractivity contribution in [3.8, 4) is 0 Å². The van der Waals surface area contributed by atoms with Crippen molar-refractivity contribution in [1.29, 1.82) is 0 Å². The third-order valence-corrected chi connectivity index (χ3v) is 8.64. The molecule has 2 aromatic rings. The molecule has 1 N–H and O–H groups in total. The number of anilines is 1. The zero-order valence-corrected chi connectivity index (χ0v) is 21.5. The van der Waals surface area contributed by atoms with Gasteiger partial charge in [0.05, 0.1) is 11.0 Å². The third-order valence-electron chi connectivity index (χ3n) is 8.64. The van der Waals surface area contributed by atoms with Gasteiger partial charge in [-0.3, -0.25) is 14.7 Å². The molecular weight excluding hydrogens is 493 g/mol. The molecule has 4 aliphatic rings. The second kappa shape index (κ2) is 9.38. The number of carbonyl (C=O) groups is 1. The SMILES string of the molecule is CN1c2cc(CN3CCC(CC4CC4)(C(=O)N4CCc5ncc(C(F)(F)F)cc5C4)C3)ccc2C=CC1O. The minimum absolute atomic E-state index is 0.0772. The Hall–Kier alpha value is -2.91. The lowest BCUT2D eigenvalue weighted by Crippen LogP contribution is -2.47. The molecule has 2 atom stereocenters. The normalized spacial score (nSPS) is 25.4. The summed E-state index contributed by atoms with van der Waals surface area (Å²) in [6, 6.07) is 7.44. The van der Waals surface area contributed by atoms with Gasteiger partial charge >= 0.3 is 6.18 Å². The Balaban J connectivity index is 1.19. The summed E-state index contributed by atoms with van der Waals surface area (Å²) in [5.41, 5.74) is 3.08. The van der Waals surface area contributed by atoms with E-state index in [4.69, 9.17) is 0 Å². The quantitative estimate of drug-likeness (QED) is 0.624. The Kier molecular flexibility index (Phi) is 6.26. The molecule has 1 saturated carbocycles. The number of rotatable bonds is 5.